The van der Waals surface area contributed by atoms with E-state index in [1.807, 2.05) is 20.8 Å². The minimum absolute atomic E-state index is 0.00416. The molecule has 1 saturated heterocycles. The van der Waals surface area contributed by atoms with Gasteiger partial charge in [0.25, 0.3) is 0 Å². The third-order valence-electron chi connectivity index (χ3n) is 11.5. The molecule has 9 atom stereocenters. The third-order valence-corrected chi connectivity index (χ3v) is 16.1. The summed E-state index contributed by atoms with van der Waals surface area (Å²) < 4.78 is 31.6. The van der Waals surface area contributed by atoms with Gasteiger partial charge in [-0.3, -0.25) is 9.59 Å². The third kappa shape index (κ3) is 4.07. The second-order valence-corrected chi connectivity index (χ2v) is 17.9. The van der Waals surface area contributed by atoms with Gasteiger partial charge < -0.3 is 33.6 Å². The molecule has 3 aliphatic carbocycles. The molecule has 10 heteroatoms. The van der Waals surface area contributed by atoms with Gasteiger partial charge in [-0.1, -0.05) is 34.6 Å². The highest BCUT2D eigenvalue weighted by molar-refractivity contribution is 6.73. The number of hydrogen-bond acceptors (Lipinski definition) is 9. The van der Waals surface area contributed by atoms with Crippen molar-refractivity contribution in [3.05, 3.63) is 11.1 Å². The molecule has 1 heterocycles. The molecule has 3 fully saturated rings. The molecule has 228 valence electrons. The lowest BCUT2D eigenvalue weighted by Gasteiger charge is -2.68. The minimum atomic E-state index is -2.25. The number of ether oxygens (including phenoxy) is 4. The number of rotatable bonds is 8. The van der Waals surface area contributed by atoms with Crippen molar-refractivity contribution in [1.29, 1.82) is 0 Å². The van der Waals surface area contributed by atoms with Crippen LogP contribution in [-0.2, 0) is 33.0 Å². The van der Waals surface area contributed by atoms with Gasteiger partial charge in [0.1, 0.15) is 17.8 Å². The SMILES string of the molecule is CC[Si](CC)(CC)O[C@H]1C[C@H]2OC[C@@]2(OC(C)=O)[C@H]2[C@H](OC)[C@]3(O)C[C@H](O)C(C)=C([C@@H](OC)C(=O)[C@]12C)C3(C)C. The van der Waals surface area contributed by atoms with E-state index in [4.69, 9.17) is 23.4 Å². The number of esters is 1. The van der Waals surface area contributed by atoms with E-state index >= 15 is 4.79 Å². The number of aliphatic hydroxyl groups excluding tert-OH is 1. The van der Waals surface area contributed by atoms with Crippen molar-refractivity contribution in [2.24, 2.45) is 16.7 Å². The first-order chi connectivity index (χ1) is 18.6. The number of hydrogen-bond donors (Lipinski definition) is 2. The molecule has 2 saturated carbocycles. The Balaban J connectivity index is 2.07. The molecule has 40 heavy (non-hydrogen) atoms. The molecular weight excluding hydrogens is 532 g/mol. The molecule has 0 radical (unpaired) electrons. The van der Waals surface area contributed by atoms with Crippen LogP contribution in [-0.4, -0.2) is 92.8 Å². The molecule has 4 aliphatic rings. The zero-order chi connectivity index (χ0) is 30.1. The summed E-state index contributed by atoms with van der Waals surface area (Å²) in [4.78, 5) is 27.8. The topological polar surface area (TPSA) is 121 Å². The second kappa shape index (κ2) is 10.5. The van der Waals surface area contributed by atoms with Crippen LogP contribution in [0.3, 0.4) is 0 Å². The molecule has 0 aromatic heterocycles. The molecule has 2 bridgehead atoms. The van der Waals surface area contributed by atoms with E-state index < -0.39 is 72.8 Å². The monoisotopic (exact) mass is 582 g/mol. The molecule has 2 N–H and O–H groups in total. The van der Waals surface area contributed by atoms with E-state index in [-0.39, 0.29) is 18.8 Å². The zero-order valence-corrected chi connectivity index (χ0v) is 27.0. The Labute approximate surface area is 240 Å². The molecule has 0 aromatic carbocycles. The zero-order valence-electron chi connectivity index (χ0n) is 26.0. The number of methoxy groups -OCH3 is 2. The lowest BCUT2D eigenvalue weighted by Crippen LogP contribution is -2.82. The first-order valence-corrected chi connectivity index (χ1v) is 17.3. The molecule has 4 rings (SSSR count). The summed E-state index contributed by atoms with van der Waals surface area (Å²) in [7, 11) is 0.759. The summed E-state index contributed by atoms with van der Waals surface area (Å²) in [5.41, 5.74) is -3.95. The van der Waals surface area contributed by atoms with E-state index in [9.17, 15) is 15.0 Å². The predicted molar refractivity (Wildman–Crippen MR) is 151 cm³/mol. The van der Waals surface area contributed by atoms with Gasteiger partial charge in [-0.2, -0.15) is 0 Å². The fraction of sp³-hybridized carbons (Fsp3) is 0.867. The maximum atomic E-state index is 15.1. The number of carbonyl (C=O) groups excluding carboxylic acids is 2. The molecule has 0 unspecified atom stereocenters. The molecular formula is C30H50O9Si. The molecule has 9 nitrogen and oxygen atoms in total. The average Bonchev–Trinajstić information content (AvgIpc) is 2.89. The summed E-state index contributed by atoms with van der Waals surface area (Å²) in [5, 5.41) is 24.0. The lowest BCUT2D eigenvalue weighted by atomic mass is 9.44. The number of fused-ring (bicyclic) bond motifs is 5. The Morgan fingerprint density at radius 1 is 1.10 bits per heavy atom. The minimum Gasteiger partial charge on any atom is -0.454 e. The first kappa shape index (κ1) is 31.8. The molecule has 0 aromatic rings. The van der Waals surface area contributed by atoms with Crippen LogP contribution in [0, 0.1) is 16.7 Å². The number of aliphatic hydroxyl groups is 2. The largest absolute Gasteiger partial charge is 0.454 e. The smallest absolute Gasteiger partial charge is 0.303 e. The lowest BCUT2D eigenvalue weighted by molar-refractivity contribution is -0.347. The molecule has 0 amide bonds. The standard InChI is InChI=1S/C30H50O9Si/c1-11-40(12-2,13-3)39-20-14-21-29(16-37-21,38-18(5)31)24-26(36-10)30(34)15-19(32)17(4)22(27(30,6)7)23(35-9)25(33)28(20,24)8/h19-21,23-24,26,32,34H,11-16H2,1-10H3/t19-,20-,21+,23+,24-,26-,28+,29-,30+/m0/s1. The number of carbonyl (C=O) groups is 2. The van der Waals surface area contributed by atoms with Crippen molar-refractivity contribution < 1.29 is 43.2 Å². The van der Waals surface area contributed by atoms with Gasteiger partial charge in [0.15, 0.2) is 19.7 Å². The maximum absolute atomic E-state index is 15.1. The van der Waals surface area contributed by atoms with Crippen molar-refractivity contribution >= 4 is 20.1 Å². The highest BCUT2D eigenvalue weighted by Gasteiger charge is 2.77. The Bertz CT molecular complexity index is 1050. The van der Waals surface area contributed by atoms with E-state index in [2.05, 4.69) is 20.8 Å². The quantitative estimate of drug-likeness (QED) is 0.251. The van der Waals surface area contributed by atoms with Crippen LogP contribution in [0.2, 0.25) is 18.1 Å². The average molecular weight is 583 g/mol. The van der Waals surface area contributed by atoms with Crippen molar-refractivity contribution in [3.63, 3.8) is 0 Å². The summed E-state index contributed by atoms with van der Waals surface area (Å²) >= 11 is 0. The van der Waals surface area contributed by atoms with Gasteiger partial charge in [-0.25, -0.2) is 0 Å². The predicted octanol–water partition coefficient (Wildman–Crippen LogP) is 3.55. The Kier molecular flexibility index (Phi) is 8.37. The van der Waals surface area contributed by atoms with Gasteiger partial charge in [0.2, 0.25) is 0 Å². The summed E-state index contributed by atoms with van der Waals surface area (Å²) in [5.74, 6) is -1.53. The first-order valence-electron chi connectivity index (χ1n) is 14.8. The van der Waals surface area contributed by atoms with Crippen LogP contribution in [0.1, 0.15) is 68.2 Å². The van der Waals surface area contributed by atoms with Crippen LogP contribution in [0.15, 0.2) is 11.1 Å². The van der Waals surface area contributed by atoms with Gasteiger partial charge in [-0.05, 0) is 43.1 Å². The van der Waals surface area contributed by atoms with Crippen LogP contribution in [0.5, 0.6) is 0 Å². The fourth-order valence-electron chi connectivity index (χ4n) is 8.71. The van der Waals surface area contributed by atoms with Gasteiger partial charge >= 0.3 is 5.97 Å². The van der Waals surface area contributed by atoms with E-state index in [0.717, 1.165) is 18.1 Å². The van der Waals surface area contributed by atoms with Gasteiger partial charge in [0, 0.05) is 45.3 Å². The van der Waals surface area contributed by atoms with Gasteiger partial charge in [0.05, 0.1) is 30.3 Å². The van der Waals surface area contributed by atoms with Crippen LogP contribution >= 0.6 is 0 Å². The Morgan fingerprint density at radius 3 is 2.15 bits per heavy atom. The van der Waals surface area contributed by atoms with Crippen LogP contribution in [0.25, 0.3) is 0 Å². The van der Waals surface area contributed by atoms with Crippen LogP contribution in [0.4, 0.5) is 0 Å². The van der Waals surface area contributed by atoms with E-state index in [1.165, 1.54) is 21.1 Å². The summed E-state index contributed by atoms with van der Waals surface area (Å²) in [6.07, 6.45) is -3.77. The maximum Gasteiger partial charge on any atom is 0.303 e. The Hall–Kier alpha value is -1.14. The van der Waals surface area contributed by atoms with E-state index in [0.29, 0.717) is 17.6 Å². The highest BCUT2D eigenvalue weighted by atomic mass is 28.4. The van der Waals surface area contributed by atoms with Crippen molar-refractivity contribution in [3.8, 4) is 0 Å². The summed E-state index contributed by atoms with van der Waals surface area (Å²) in [6, 6.07) is 2.67. The number of Topliss-reactive ketones (excluding diaryl/α,β-unsaturated/α-hetero) is 1. The van der Waals surface area contributed by atoms with Crippen molar-refractivity contribution in [1.82, 2.24) is 0 Å². The second-order valence-electron chi connectivity index (χ2n) is 13.2. The fourth-order valence-corrected chi connectivity index (χ4v) is 11.7. The van der Waals surface area contributed by atoms with Crippen molar-refractivity contribution in [2.75, 3.05) is 20.8 Å². The summed E-state index contributed by atoms with van der Waals surface area (Å²) in [6.45, 7) is 15.3. The van der Waals surface area contributed by atoms with Crippen molar-refractivity contribution in [2.45, 2.75) is 128 Å². The normalized spacial score (nSPS) is 42.8. The molecule has 1 aliphatic heterocycles. The highest BCUT2D eigenvalue weighted by Crippen LogP contribution is 2.64. The number of ketones is 1. The molecule has 0 spiro atoms. The Morgan fingerprint density at radius 2 is 1.70 bits per heavy atom. The van der Waals surface area contributed by atoms with E-state index in [1.54, 1.807) is 6.92 Å². The van der Waals surface area contributed by atoms with Crippen LogP contribution < -0.4 is 0 Å². The van der Waals surface area contributed by atoms with Gasteiger partial charge in [-0.15, -0.1) is 0 Å².